The van der Waals surface area contributed by atoms with Gasteiger partial charge in [0.25, 0.3) is 0 Å². The Morgan fingerprint density at radius 2 is 1.87 bits per heavy atom. The van der Waals surface area contributed by atoms with Crippen molar-refractivity contribution < 1.29 is 9.59 Å². The molecule has 0 saturated carbocycles. The van der Waals surface area contributed by atoms with E-state index in [1.807, 2.05) is 36.4 Å². The minimum atomic E-state index is -0.160. The molecule has 2 heterocycles. The summed E-state index contributed by atoms with van der Waals surface area (Å²) in [5.41, 5.74) is 2.95. The molecule has 1 unspecified atom stereocenters. The van der Waals surface area contributed by atoms with Crippen LogP contribution in [0.4, 0.5) is 11.5 Å². The minimum absolute atomic E-state index is 0.0273. The lowest BCUT2D eigenvalue weighted by molar-refractivity contribution is -0.120. The van der Waals surface area contributed by atoms with Crippen LogP contribution in [0.2, 0.25) is 5.02 Å². The molecule has 6 nitrogen and oxygen atoms in total. The van der Waals surface area contributed by atoms with Crippen LogP contribution in [0.3, 0.4) is 0 Å². The van der Waals surface area contributed by atoms with Crippen molar-refractivity contribution >= 4 is 34.8 Å². The highest BCUT2D eigenvalue weighted by Gasteiger charge is 2.27. The first kappa shape index (κ1) is 21.0. The molecule has 0 aliphatic carbocycles. The summed E-state index contributed by atoms with van der Waals surface area (Å²) in [4.78, 5) is 26.5. The maximum absolute atomic E-state index is 12.8. The van der Waals surface area contributed by atoms with Crippen molar-refractivity contribution in [2.75, 3.05) is 23.3 Å². The number of Topliss-reactive ketones (excluding diaryl/α,β-unsaturated/α-hetero) is 1. The largest absolute Gasteiger partial charge is 0.354 e. The van der Waals surface area contributed by atoms with Crippen molar-refractivity contribution in [3.05, 3.63) is 71.2 Å². The number of hydrogen-bond donors (Lipinski definition) is 1. The average Bonchev–Trinajstić information content (AvgIpc) is 2.80. The van der Waals surface area contributed by atoms with Crippen molar-refractivity contribution in [2.45, 2.75) is 19.8 Å². The maximum atomic E-state index is 12.8. The Balaban J connectivity index is 1.42. The van der Waals surface area contributed by atoms with Crippen LogP contribution in [0.1, 0.15) is 30.1 Å². The number of nitrogens with one attached hydrogen (secondary N) is 1. The number of carbonyl (C=O) groups is 2. The number of amides is 1. The molecule has 0 bridgehead atoms. The fourth-order valence-corrected chi connectivity index (χ4v) is 3.85. The number of anilines is 2. The molecular weight excluding hydrogens is 412 g/mol. The molecule has 1 N–H and O–H groups in total. The van der Waals surface area contributed by atoms with Gasteiger partial charge in [0, 0.05) is 34.9 Å². The highest BCUT2D eigenvalue weighted by atomic mass is 35.5. The molecular formula is C24H23ClN4O2. The number of halogens is 1. The molecule has 1 aromatic heterocycles. The Bertz CT molecular complexity index is 1080. The Morgan fingerprint density at radius 1 is 1.06 bits per heavy atom. The van der Waals surface area contributed by atoms with E-state index in [1.54, 1.807) is 24.3 Å². The molecule has 2 aromatic carbocycles. The van der Waals surface area contributed by atoms with Gasteiger partial charge in [0.2, 0.25) is 5.91 Å². The maximum Gasteiger partial charge on any atom is 0.229 e. The molecule has 1 amide bonds. The van der Waals surface area contributed by atoms with Gasteiger partial charge in [-0.05, 0) is 56.2 Å². The number of carbonyl (C=O) groups excluding carboxylic acids is 2. The number of ketones is 1. The van der Waals surface area contributed by atoms with E-state index in [2.05, 4.69) is 20.4 Å². The molecule has 3 aromatic rings. The fraction of sp³-hybridized carbons (Fsp3) is 0.250. The highest BCUT2D eigenvalue weighted by molar-refractivity contribution is 6.30. The Labute approximate surface area is 186 Å². The Morgan fingerprint density at radius 3 is 2.58 bits per heavy atom. The molecule has 1 saturated heterocycles. The van der Waals surface area contributed by atoms with Gasteiger partial charge in [0.05, 0.1) is 11.6 Å². The van der Waals surface area contributed by atoms with Crippen molar-refractivity contribution in [2.24, 2.45) is 5.92 Å². The lowest BCUT2D eigenvalue weighted by Crippen LogP contribution is -2.41. The summed E-state index contributed by atoms with van der Waals surface area (Å²) >= 11 is 5.95. The van der Waals surface area contributed by atoms with Crippen LogP contribution in [0.15, 0.2) is 60.7 Å². The van der Waals surface area contributed by atoms with E-state index in [9.17, 15) is 9.59 Å². The summed E-state index contributed by atoms with van der Waals surface area (Å²) in [5.74, 6) is 0.526. The van der Waals surface area contributed by atoms with E-state index in [0.717, 1.165) is 36.5 Å². The summed E-state index contributed by atoms with van der Waals surface area (Å²) in [6.45, 7) is 2.92. The van der Waals surface area contributed by atoms with Crippen LogP contribution in [0.25, 0.3) is 11.3 Å². The highest BCUT2D eigenvalue weighted by Crippen LogP contribution is 2.25. The quantitative estimate of drug-likeness (QED) is 0.580. The van der Waals surface area contributed by atoms with Crippen molar-refractivity contribution in [3.63, 3.8) is 0 Å². The van der Waals surface area contributed by atoms with Crippen LogP contribution in [0.5, 0.6) is 0 Å². The van der Waals surface area contributed by atoms with Crippen molar-refractivity contribution in [1.29, 1.82) is 0 Å². The molecule has 31 heavy (non-hydrogen) atoms. The first-order valence-electron chi connectivity index (χ1n) is 10.3. The topological polar surface area (TPSA) is 75.2 Å². The van der Waals surface area contributed by atoms with E-state index in [1.165, 1.54) is 6.92 Å². The number of piperidine rings is 1. The van der Waals surface area contributed by atoms with Crippen LogP contribution >= 0.6 is 11.6 Å². The predicted molar refractivity (Wildman–Crippen MR) is 122 cm³/mol. The van der Waals surface area contributed by atoms with Gasteiger partial charge < -0.3 is 10.2 Å². The number of rotatable bonds is 5. The molecule has 1 aliphatic heterocycles. The van der Waals surface area contributed by atoms with Crippen molar-refractivity contribution in [3.8, 4) is 11.3 Å². The monoisotopic (exact) mass is 434 g/mol. The Hall–Kier alpha value is -3.25. The van der Waals surface area contributed by atoms with Gasteiger partial charge in [0.15, 0.2) is 11.6 Å². The smallest absolute Gasteiger partial charge is 0.229 e. The van der Waals surface area contributed by atoms with Gasteiger partial charge in [-0.25, -0.2) is 0 Å². The van der Waals surface area contributed by atoms with Gasteiger partial charge in [-0.2, -0.15) is 0 Å². The number of nitrogens with zero attached hydrogens (tertiary/aromatic N) is 3. The second kappa shape index (κ2) is 9.27. The zero-order valence-electron chi connectivity index (χ0n) is 17.2. The lowest BCUT2D eigenvalue weighted by Gasteiger charge is -2.32. The summed E-state index contributed by atoms with van der Waals surface area (Å²) in [6.07, 6.45) is 1.71. The van der Waals surface area contributed by atoms with Gasteiger partial charge in [-0.1, -0.05) is 35.9 Å². The second-order valence-corrected chi connectivity index (χ2v) is 8.13. The van der Waals surface area contributed by atoms with E-state index < -0.39 is 0 Å². The first-order chi connectivity index (χ1) is 15.0. The zero-order valence-corrected chi connectivity index (χ0v) is 18.0. The Kier molecular flexibility index (Phi) is 6.28. The zero-order chi connectivity index (χ0) is 21.8. The van der Waals surface area contributed by atoms with Gasteiger partial charge in [0.1, 0.15) is 0 Å². The standard InChI is InChI=1S/C24H23ClN4O2/c1-16(30)18-4-2-6-21(14-18)26-24(31)19-5-3-13-29(15-19)23-12-11-22(27-28-23)17-7-9-20(25)10-8-17/h2,4,6-12,14,19H,3,5,13,15H2,1H3,(H,26,31). The van der Waals surface area contributed by atoms with Crippen LogP contribution in [-0.2, 0) is 4.79 Å². The molecule has 1 fully saturated rings. The van der Waals surface area contributed by atoms with Gasteiger partial charge in [-0.15, -0.1) is 10.2 Å². The number of aromatic nitrogens is 2. The molecule has 1 aliphatic rings. The lowest BCUT2D eigenvalue weighted by atomic mass is 9.97. The first-order valence-corrected chi connectivity index (χ1v) is 10.6. The van der Waals surface area contributed by atoms with Crippen LogP contribution < -0.4 is 10.2 Å². The van der Waals surface area contributed by atoms with E-state index >= 15 is 0 Å². The molecule has 158 valence electrons. The van der Waals surface area contributed by atoms with Gasteiger partial charge >= 0.3 is 0 Å². The summed E-state index contributed by atoms with van der Waals surface area (Å²) < 4.78 is 0. The van der Waals surface area contributed by atoms with Crippen molar-refractivity contribution in [1.82, 2.24) is 10.2 Å². The SMILES string of the molecule is CC(=O)c1cccc(NC(=O)C2CCCN(c3ccc(-c4ccc(Cl)cc4)nn3)C2)c1. The predicted octanol–water partition coefficient (Wildman–Crippen LogP) is 4.85. The third-order valence-electron chi connectivity index (χ3n) is 5.44. The third kappa shape index (κ3) is 5.09. The van der Waals surface area contributed by atoms with Gasteiger partial charge in [-0.3, -0.25) is 9.59 Å². The average molecular weight is 435 g/mol. The summed E-state index contributed by atoms with van der Waals surface area (Å²) in [6, 6.07) is 18.4. The minimum Gasteiger partial charge on any atom is -0.354 e. The normalized spacial score (nSPS) is 16.1. The molecule has 7 heteroatoms. The molecule has 1 atom stereocenters. The number of benzene rings is 2. The van der Waals surface area contributed by atoms with Crippen LogP contribution in [0, 0.1) is 5.92 Å². The molecule has 4 rings (SSSR count). The van der Waals surface area contributed by atoms with Crippen LogP contribution in [-0.4, -0.2) is 35.0 Å². The second-order valence-electron chi connectivity index (χ2n) is 7.70. The third-order valence-corrected chi connectivity index (χ3v) is 5.70. The molecule has 0 spiro atoms. The van der Waals surface area contributed by atoms with E-state index in [4.69, 9.17) is 11.6 Å². The number of hydrogen-bond acceptors (Lipinski definition) is 5. The fourth-order valence-electron chi connectivity index (χ4n) is 3.73. The van der Waals surface area contributed by atoms with E-state index in [-0.39, 0.29) is 17.6 Å². The molecule has 0 radical (unpaired) electrons. The summed E-state index contributed by atoms with van der Waals surface area (Å²) in [5, 5.41) is 12.4. The van der Waals surface area contributed by atoms with E-state index in [0.29, 0.717) is 22.8 Å². The summed E-state index contributed by atoms with van der Waals surface area (Å²) in [7, 11) is 0.